The van der Waals surface area contributed by atoms with Gasteiger partial charge in [-0.15, -0.1) is 0 Å². The Morgan fingerprint density at radius 1 is 1.10 bits per heavy atom. The summed E-state index contributed by atoms with van der Waals surface area (Å²) in [5.74, 6) is -0.430. The van der Waals surface area contributed by atoms with Gasteiger partial charge < -0.3 is 5.32 Å². The van der Waals surface area contributed by atoms with Gasteiger partial charge in [-0.1, -0.05) is 11.6 Å². The molecule has 0 atom stereocenters. The standard InChI is InChI=1S/C15H11ClF3NO/c1-9-6-10(8-12(16)7-9)14(21)20-13-4-2-11(3-5-13)15(17,18)19/h2-8H,1H3,(H,20,21). The molecule has 0 heterocycles. The Bertz CT molecular complexity index is 645. The van der Waals surface area contributed by atoms with Crippen molar-refractivity contribution in [2.45, 2.75) is 13.1 Å². The van der Waals surface area contributed by atoms with Gasteiger partial charge in [-0.3, -0.25) is 4.79 Å². The first-order valence-corrected chi connectivity index (χ1v) is 6.39. The van der Waals surface area contributed by atoms with E-state index in [2.05, 4.69) is 5.32 Å². The summed E-state index contributed by atoms with van der Waals surface area (Å²) in [7, 11) is 0. The number of aryl methyl sites for hydroxylation is 1. The van der Waals surface area contributed by atoms with E-state index in [1.807, 2.05) is 0 Å². The monoisotopic (exact) mass is 313 g/mol. The van der Waals surface area contributed by atoms with Crippen LogP contribution in [0.2, 0.25) is 5.02 Å². The zero-order valence-corrected chi connectivity index (χ0v) is 11.7. The Hall–Kier alpha value is -2.01. The highest BCUT2D eigenvalue weighted by atomic mass is 35.5. The number of nitrogens with one attached hydrogen (secondary N) is 1. The third kappa shape index (κ3) is 3.98. The highest BCUT2D eigenvalue weighted by Crippen LogP contribution is 2.29. The van der Waals surface area contributed by atoms with Gasteiger partial charge in [0.1, 0.15) is 0 Å². The molecule has 0 radical (unpaired) electrons. The number of alkyl halides is 3. The van der Waals surface area contributed by atoms with Gasteiger partial charge in [0, 0.05) is 16.3 Å². The SMILES string of the molecule is Cc1cc(Cl)cc(C(=O)Nc2ccc(C(F)(F)F)cc2)c1. The Labute approximate surface area is 124 Å². The summed E-state index contributed by atoms with van der Waals surface area (Å²) in [6.07, 6.45) is -4.40. The van der Waals surface area contributed by atoms with Crippen LogP contribution in [0.25, 0.3) is 0 Å². The van der Waals surface area contributed by atoms with Crippen molar-refractivity contribution in [3.63, 3.8) is 0 Å². The summed E-state index contributed by atoms with van der Waals surface area (Å²) in [6, 6.07) is 9.09. The number of rotatable bonds is 2. The van der Waals surface area contributed by atoms with Gasteiger partial charge in [0.2, 0.25) is 0 Å². The normalized spacial score (nSPS) is 11.3. The van der Waals surface area contributed by atoms with Gasteiger partial charge >= 0.3 is 6.18 Å². The van der Waals surface area contributed by atoms with Gasteiger partial charge in [0.25, 0.3) is 5.91 Å². The molecular formula is C15H11ClF3NO. The Morgan fingerprint density at radius 2 is 1.71 bits per heavy atom. The first-order valence-electron chi connectivity index (χ1n) is 6.01. The van der Waals surface area contributed by atoms with E-state index in [1.54, 1.807) is 19.1 Å². The largest absolute Gasteiger partial charge is 0.416 e. The third-order valence-corrected chi connectivity index (χ3v) is 2.99. The number of carbonyl (C=O) groups is 1. The molecule has 0 bridgehead atoms. The molecule has 1 amide bonds. The lowest BCUT2D eigenvalue weighted by Gasteiger charge is -2.09. The van der Waals surface area contributed by atoms with Crippen LogP contribution in [-0.2, 0) is 6.18 Å². The summed E-state index contributed by atoms with van der Waals surface area (Å²) in [4.78, 5) is 12.0. The fraction of sp³-hybridized carbons (Fsp3) is 0.133. The zero-order valence-electron chi connectivity index (χ0n) is 11.0. The molecule has 110 valence electrons. The number of benzene rings is 2. The number of anilines is 1. The van der Waals surface area contributed by atoms with Gasteiger partial charge in [-0.2, -0.15) is 13.2 Å². The minimum absolute atomic E-state index is 0.283. The minimum Gasteiger partial charge on any atom is -0.322 e. The average molecular weight is 314 g/mol. The number of carbonyl (C=O) groups excluding carboxylic acids is 1. The minimum atomic E-state index is -4.40. The number of hydrogen-bond acceptors (Lipinski definition) is 1. The number of amides is 1. The predicted molar refractivity (Wildman–Crippen MR) is 75.6 cm³/mol. The lowest BCUT2D eigenvalue weighted by molar-refractivity contribution is -0.137. The molecule has 21 heavy (non-hydrogen) atoms. The van der Waals surface area contributed by atoms with Crippen molar-refractivity contribution in [3.05, 3.63) is 64.2 Å². The third-order valence-electron chi connectivity index (χ3n) is 2.77. The molecule has 0 fully saturated rings. The second-order valence-corrected chi connectivity index (χ2v) is 4.98. The lowest BCUT2D eigenvalue weighted by Crippen LogP contribution is -2.12. The smallest absolute Gasteiger partial charge is 0.322 e. The molecule has 0 spiro atoms. The Balaban J connectivity index is 2.16. The van der Waals surface area contributed by atoms with E-state index in [9.17, 15) is 18.0 Å². The summed E-state index contributed by atoms with van der Waals surface area (Å²) >= 11 is 5.86. The maximum absolute atomic E-state index is 12.4. The molecule has 2 aromatic rings. The lowest BCUT2D eigenvalue weighted by atomic mass is 10.1. The van der Waals surface area contributed by atoms with E-state index in [-0.39, 0.29) is 5.69 Å². The van der Waals surface area contributed by atoms with Crippen LogP contribution in [0, 0.1) is 6.92 Å². The molecule has 0 aliphatic heterocycles. The highest BCUT2D eigenvalue weighted by molar-refractivity contribution is 6.31. The summed E-state index contributed by atoms with van der Waals surface area (Å²) in [6.45, 7) is 1.79. The van der Waals surface area contributed by atoms with Crippen molar-refractivity contribution in [2.75, 3.05) is 5.32 Å². The fourth-order valence-electron chi connectivity index (χ4n) is 1.81. The van der Waals surface area contributed by atoms with E-state index in [0.717, 1.165) is 17.7 Å². The molecule has 1 N–H and O–H groups in total. The second-order valence-electron chi connectivity index (χ2n) is 4.55. The van der Waals surface area contributed by atoms with Crippen LogP contribution >= 0.6 is 11.6 Å². The zero-order chi connectivity index (χ0) is 15.6. The summed E-state index contributed by atoms with van der Waals surface area (Å²) < 4.78 is 37.3. The van der Waals surface area contributed by atoms with Gasteiger partial charge in [0.05, 0.1) is 5.56 Å². The van der Waals surface area contributed by atoms with E-state index in [1.165, 1.54) is 18.2 Å². The predicted octanol–water partition coefficient (Wildman–Crippen LogP) is 4.92. The van der Waals surface area contributed by atoms with Gasteiger partial charge in [0.15, 0.2) is 0 Å². The highest BCUT2D eigenvalue weighted by Gasteiger charge is 2.29. The van der Waals surface area contributed by atoms with Crippen LogP contribution in [0.4, 0.5) is 18.9 Å². The number of halogens is 4. The summed E-state index contributed by atoms with van der Waals surface area (Å²) in [5.41, 5.74) is 0.685. The molecule has 0 unspecified atom stereocenters. The fourth-order valence-corrected chi connectivity index (χ4v) is 2.10. The Morgan fingerprint density at radius 3 is 2.24 bits per heavy atom. The van der Waals surface area contributed by atoms with Crippen LogP contribution in [0.15, 0.2) is 42.5 Å². The molecular weight excluding hydrogens is 303 g/mol. The maximum atomic E-state index is 12.4. The van der Waals surface area contributed by atoms with Crippen LogP contribution in [0.3, 0.4) is 0 Å². The average Bonchev–Trinajstić information content (AvgIpc) is 2.37. The second kappa shape index (κ2) is 5.77. The maximum Gasteiger partial charge on any atom is 0.416 e. The van der Waals surface area contributed by atoms with Crippen molar-refractivity contribution in [2.24, 2.45) is 0 Å². The summed E-state index contributed by atoms with van der Waals surface area (Å²) in [5, 5.41) is 2.95. The van der Waals surface area contributed by atoms with Crippen molar-refractivity contribution >= 4 is 23.2 Å². The van der Waals surface area contributed by atoms with E-state index in [4.69, 9.17) is 11.6 Å². The van der Waals surface area contributed by atoms with E-state index in [0.29, 0.717) is 10.6 Å². The molecule has 0 saturated carbocycles. The quantitative estimate of drug-likeness (QED) is 0.837. The van der Waals surface area contributed by atoms with Crippen LogP contribution in [-0.4, -0.2) is 5.91 Å². The van der Waals surface area contributed by atoms with Crippen LogP contribution in [0.1, 0.15) is 21.5 Å². The first kappa shape index (κ1) is 15.4. The van der Waals surface area contributed by atoms with E-state index < -0.39 is 17.6 Å². The van der Waals surface area contributed by atoms with Crippen molar-refractivity contribution < 1.29 is 18.0 Å². The molecule has 0 aliphatic rings. The number of hydrogen-bond donors (Lipinski definition) is 1. The van der Waals surface area contributed by atoms with Crippen LogP contribution < -0.4 is 5.32 Å². The molecule has 0 aromatic heterocycles. The topological polar surface area (TPSA) is 29.1 Å². The van der Waals surface area contributed by atoms with Gasteiger partial charge in [-0.05, 0) is 55.0 Å². The molecule has 0 aliphatic carbocycles. The van der Waals surface area contributed by atoms with E-state index >= 15 is 0 Å². The van der Waals surface area contributed by atoms with Crippen molar-refractivity contribution in [1.29, 1.82) is 0 Å². The van der Waals surface area contributed by atoms with Gasteiger partial charge in [-0.25, -0.2) is 0 Å². The van der Waals surface area contributed by atoms with Crippen molar-refractivity contribution in [1.82, 2.24) is 0 Å². The molecule has 2 nitrogen and oxygen atoms in total. The van der Waals surface area contributed by atoms with Crippen molar-refractivity contribution in [3.8, 4) is 0 Å². The molecule has 6 heteroatoms. The molecule has 2 aromatic carbocycles. The first-order chi connectivity index (χ1) is 9.75. The molecule has 0 saturated heterocycles. The Kier molecular flexibility index (Phi) is 4.23. The molecule has 2 rings (SSSR count). The van der Waals surface area contributed by atoms with Crippen LogP contribution in [0.5, 0.6) is 0 Å².